The van der Waals surface area contributed by atoms with Crippen molar-refractivity contribution in [1.29, 1.82) is 0 Å². The van der Waals surface area contributed by atoms with E-state index in [-0.39, 0.29) is 30.7 Å². The average molecular weight is 393 g/mol. The number of likely N-dealkylation sites (tertiary alicyclic amines) is 1. The number of hydrogen-bond donors (Lipinski definition) is 2. The van der Waals surface area contributed by atoms with Crippen LogP contribution in [0.3, 0.4) is 0 Å². The highest BCUT2D eigenvalue weighted by Crippen LogP contribution is 2.26. The van der Waals surface area contributed by atoms with E-state index in [1.54, 1.807) is 6.26 Å². The highest BCUT2D eigenvalue weighted by molar-refractivity contribution is 5.75. The molecule has 156 valence electrons. The zero-order valence-electron chi connectivity index (χ0n) is 16.8. The van der Waals surface area contributed by atoms with Gasteiger partial charge in [0.2, 0.25) is 0 Å². The van der Waals surface area contributed by atoms with Crippen LogP contribution in [0.15, 0.2) is 22.8 Å². The Kier molecular flexibility index (Phi) is 6.96. The van der Waals surface area contributed by atoms with Crippen LogP contribution in [-0.2, 0) is 11.3 Å². The van der Waals surface area contributed by atoms with Gasteiger partial charge in [-0.15, -0.1) is 0 Å². The molecular weight excluding hydrogens is 360 g/mol. The fourth-order valence-electron chi connectivity index (χ4n) is 4.18. The molecule has 2 heterocycles. The first-order valence-electron chi connectivity index (χ1n) is 10.2. The predicted molar refractivity (Wildman–Crippen MR) is 105 cm³/mol. The Bertz CT molecular complexity index is 637. The Morgan fingerprint density at radius 1 is 1.29 bits per heavy atom. The third kappa shape index (κ3) is 5.26. The largest absolute Gasteiger partial charge is 0.480 e. The van der Waals surface area contributed by atoms with E-state index in [2.05, 4.69) is 17.3 Å². The second-order valence-corrected chi connectivity index (χ2v) is 7.97. The maximum absolute atomic E-state index is 13.0. The van der Waals surface area contributed by atoms with E-state index >= 15 is 0 Å². The molecule has 0 unspecified atom stereocenters. The van der Waals surface area contributed by atoms with Crippen molar-refractivity contribution in [1.82, 2.24) is 20.0 Å². The number of likely N-dealkylation sites (N-methyl/N-ethyl adjacent to an activating group) is 1. The van der Waals surface area contributed by atoms with Crippen molar-refractivity contribution in [3.63, 3.8) is 0 Å². The first-order valence-corrected chi connectivity index (χ1v) is 10.2. The minimum absolute atomic E-state index is 0.0457. The lowest BCUT2D eigenvalue weighted by Crippen LogP contribution is -2.58. The van der Waals surface area contributed by atoms with Crippen LogP contribution in [0.4, 0.5) is 4.79 Å². The molecule has 0 radical (unpaired) electrons. The molecule has 2 N–H and O–H groups in total. The lowest BCUT2D eigenvalue weighted by molar-refractivity contribution is -0.139. The van der Waals surface area contributed by atoms with Gasteiger partial charge in [0.1, 0.15) is 5.76 Å². The molecule has 3 rings (SSSR count). The zero-order chi connectivity index (χ0) is 20.1. The molecule has 1 aliphatic carbocycles. The molecule has 0 spiro atoms. The van der Waals surface area contributed by atoms with Crippen LogP contribution in [0.1, 0.15) is 38.4 Å². The van der Waals surface area contributed by atoms with Gasteiger partial charge in [-0.25, -0.2) is 4.79 Å². The number of carboxylic acid groups (broad SMARTS) is 1. The van der Waals surface area contributed by atoms with Crippen molar-refractivity contribution in [2.75, 3.05) is 33.2 Å². The number of urea groups is 1. The van der Waals surface area contributed by atoms with Crippen LogP contribution in [0.25, 0.3) is 0 Å². The number of carboxylic acids is 1. The number of carbonyl (C=O) groups excluding carboxylic acids is 1. The van der Waals surface area contributed by atoms with Crippen molar-refractivity contribution in [3.8, 4) is 0 Å². The molecule has 1 aromatic heterocycles. The number of rotatable bonds is 8. The van der Waals surface area contributed by atoms with E-state index in [1.807, 2.05) is 28.9 Å². The second kappa shape index (κ2) is 9.43. The van der Waals surface area contributed by atoms with E-state index in [4.69, 9.17) is 9.52 Å². The smallest absolute Gasteiger partial charge is 0.318 e. The molecule has 1 saturated heterocycles. The Labute approximate surface area is 166 Å². The van der Waals surface area contributed by atoms with Gasteiger partial charge in [0.05, 0.1) is 19.4 Å². The molecule has 8 heteroatoms. The maximum Gasteiger partial charge on any atom is 0.318 e. The van der Waals surface area contributed by atoms with Gasteiger partial charge in [-0.2, -0.15) is 0 Å². The van der Waals surface area contributed by atoms with Crippen molar-refractivity contribution < 1.29 is 19.1 Å². The summed E-state index contributed by atoms with van der Waals surface area (Å²) < 4.78 is 5.48. The third-order valence-electron chi connectivity index (χ3n) is 6.00. The summed E-state index contributed by atoms with van der Waals surface area (Å²) in [5.74, 6) is -0.0135. The highest BCUT2D eigenvalue weighted by Gasteiger charge is 2.36. The molecule has 1 saturated carbocycles. The molecule has 2 fully saturated rings. The predicted octanol–water partition coefficient (Wildman–Crippen LogP) is 1.82. The van der Waals surface area contributed by atoms with E-state index in [1.165, 1.54) is 0 Å². The zero-order valence-corrected chi connectivity index (χ0v) is 16.8. The lowest BCUT2D eigenvalue weighted by Gasteiger charge is -2.44. The molecule has 28 heavy (non-hydrogen) atoms. The van der Waals surface area contributed by atoms with Crippen LogP contribution in [0.2, 0.25) is 0 Å². The molecule has 1 aromatic rings. The number of aliphatic carboxylic acids is 1. The fraction of sp³-hybridized carbons (Fsp3) is 0.700. The summed E-state index contributed by atoms with van der Waals surface area (Å²) in [7, 11) is 2.11. The van der Waals surface area contributed by atoms with Crippen LogP contribution >= 0.6 is 0 Å². The molecule has 0 aromatic carbocycles. The molecular formula is C20H32N4O4. The van der Waals surface area contributed by atoms with Gasteiger partial charge < -0.3 is 24.6 Å². The normalized spacial score (nSPS) is 23.4. The molecule has 1 aliphatic heterocycles. The van der Waals surface area contributed by atoms with Gasteiger partial charge in [0, 0.05) is 18.1 Å². The van der Waals surface area contributed by atoms with Gasteiger partial charge in [-0.3, -0.25) is 9.69 Å². The minimum atomic E-state index is -0.804. The van der Waals surface area contributed by atoms with Gasteiger partial charge in [0.15, 0.2) is 0 Å². The van der Waals surface area contributed by atoms with Crippen LogP contribution in [0, 0.1) is 0 Å². The number of nitrogens with one attached hydrogen (secondary N) is 1. The Morgan fingerprint density at radius 3 is 2.57 bits per heavy atom. The molecule has 0 atom stereocenters. The maximum atomic E-state index is 13.0. The summed E-state index contributed by atoms with van der Waals surface area (Å²) in [5, 5.41) is 12.2. The second-order valence-electron chi connectivity index (χ2n) is 7.97. The van der Waals surface area contributed by atoms with Crippen LogP contribution in [0.5, 0.6) is 0 Å². The monoisotopic (exact) mass is 392 g/mol. The lowest BCUT2D eigenvalue weighted by atomic mass is 9.85. The van der Waals surface area contributed by atoms with E-state index in [9.17, 15) is 9.59 Å². The SMILES string of the molecule is CCN(CC(=O)O)C1CC(NC(=O)N(Cc2ccco2)C2CCN(C)CC2)C1. The summed E-state index contributed by atoms with van der Waals surface area (Å²) in [4.78, 5) is 30.2. The van der Waals surface area contributed by atoms with Crippen molar-refractivity contribution in [2.45, 2.75) is 57.3 Å². The Balaban J connectivity index is 1.55. The van der Waals surface area contributed by atoms with E-state index < -0.39 is 5.97 Å². The topological polar surface area (TPSA) is 89.3 Å². The minimum Gasteiger partial charge on any atom is -0.480 e. The summed E-state index contributed by atoms with van der Waals surface area (Å²) in [5.41, 5.74) is 0. The van der Waals surface area contributed by atoms with E-state index in [0.29, 0.717) is 13.1 Å². The standard InChI is InChI=1S/C20H32N4O4/c1-3-23(14-19(25)26)17-11-15(12-17)21-20(27)24(13-18-5-4-10-28-18)16-6-8-22(2)9-7-16/h4-5,10,15-17H,3,6-9,11-14H2,1-2H3,(H,21,27)(H,25,26). The number of nitrogens with zero attached hydrogens (tertiary/aromatic N) is 3. The molecule has 2 aliphatic rings. The van der Waals surface area contributed by atoms with Gasteiger partial charge in [-0.05, 0) is 64.5 Å². The van der Waals surface area contributed by atoms with E-state index in [0.717, 1.165) is 44.5 Å². The van der Waals surface area contributed by atoms with Crippen molar-refractivity contribution in [2.24, 2.45) is 0 Å². The van der Waals surface area contributed by atoms with Crippen LogP contribution < -0.4 is 5.32 Å². The van der Waals surface area contributed by atoms with Crippen molar-refractivity contribution >= 4 is 12.0 Å². The molecule has 8 nitrogen and oxygen atoms in total. The molecule has 0 bridgehead atoms. The number of amides is 2. The third-order valence-corrected chi connectivity index (χ3v) is 6.00. The summed E-state index contributed by atoms with van der Waals surface area (Å²) >= 11 is 0. The number of carbonyl (C=O) groups is 2. The Morgan fingerprint density at radius 2 is 2.00 bits per heavy atom. The van der Waals surface area contributed by atoms with Crippen molar-refractivity contribution in [3.05, 3.63) is 24.2 Å². The quantitative estimate of drug-likeness (QED) is 0.702. The average Bonchev–Trinajstić information content (AvgIpc) is 3.14. The van der Waals surface area contributed by atoms with Gasteiger partial charge in [0.25, 0.3) is 0 Å². The summed E-state index contributed by atoms with van der Waals surface area (Å²) in [6.45, 7) is 5.18. The fourth-order valence-corrected chi connectivity index (χ4v) is 4.18. The van der Waals surface area contributed by atoms with Crippen LogP contribution in [-0.4, -0.2) is 83.2 Å². The first-order chi connectivity index (χ1) is 13.5. The number of hydrogen-bond acceptors (Lipinski definition) is 5. The first kappa shape index (κ1) is 20.7. The van der Waals surface area contributed by atoms with Gasteiger partial charge in [-0.1, -0.05) is 6.92 Å². The summed E-state index contributed by atoms with van der Waals surface area (Å²) in [6, 6.07) is 4.24. The number of piperidine rings is 1. The van der Waals surface area contributed by atoms with Gasteiger partial charge >= 0.3 is 12.0 Å². The molecule has 2 amide bonds. The number of furan rings is 1. The Hall–Kier alpha value is -2.06. The highest BCUT2D eigenvalue weighted by atomic mass is 16.4. The summed E-state index contributed by atoms with van der Waals surface area (Å²) in [6.07, 6.45) is 5.16.